The Kier molecular flexibility index (Phi) is 11.5. The van der Waals surface area contributed by atoms with Gasteiger partial charge in [0.05, 0.1) is 29.0 Å². The van der Waals surface area contributed by atoms with Crippen LogP contribution in [-0.2, 0) is 21.3 Å². The molecule has 0 saturated carbocycles. The lowest BCUT2D eigenvalue weighted by Crippen LogP contribution is -2.49. The smallest absolute Gasteiger partial charge is 0.326 e. The van der Waals surface area contributed by atoms with Crippen molar-refractivity contribution in [2.24, 2.45) is 5.73 Å². The molecule has 2 aromatic carbocycles. The molecule has 15 heteroatoms. The van der Waals surface area contributed by atoms with Crippen molar-refractivity contribution < 1.29 is 31.9 Å². The summed E-state index contributed by atoms with van der Waals surface area (Å²) < 4.78 is 51.9. The number of methoxy groups -OCH3 is 1. The summed E-state index contributed by atoms with van der Waals surface area (Å²) in [7, 11) is -2.15. The summed E-state index contributed by atoms with van der Waals surface area (Å²) in [5.74, 6) is -0.871. The van der Waals surface area contributed by atoms with Crippen LogP contribution in [0.1, 0.15) is 34.5 Å². The van der Waals surface area contributed by atoms with Crippen molar-refractivity contribution in [1.29, 1.82) is 0 Å². The standard InChI is InChI=1S/C34H38FN7O6S/c1-23-3-6-27(21-37-23)42(34(44)40-25-5-11-31(35)30(19-25)33(36)43)26-13-16-41(17-14-26)22-24-4-12-32(38-20-24)48-28-7-9-29(10-8-28)49(45,46)39-15-18-47-2/h3-12,19-21,26,39H,13-18,22H2,1-2H3,(H2,36,43)(H,40,44). The Balaban J connectivity index is 1.18. The molecule has 0 aliphatic carbocycles. The van der Waals surface area contributed by atoms with Crippen molar-refractivity contribution in [2.45, 2.75) is 37.2 Å². The number of piperidine rings is 1. The molecule has 0 unspecified atom stereocenters. The number of pyridine rings is 2. The first kappa shape index (κ1) is 35.3. The number of rotatable bonds is 13. The number of nitrogens with one attached hydrogen (secondary N) is 2. The van der Waals surface area contributed by atoms with Crippen LogP contribution in [0.4, 0.5) is 20.6 Å². The molecule has 0 spiro atoms. The first-order valence-corrected chi connectivity index (χ1v) is 17.1. The molecular weight excluding hydrogens is 653 g/mol. The predicted molar refractivity (Wildman–Crippen MR) is 182 cm³/mol. The van der Waals surface area contributed by atoms with Crippen LogP contribution in [0.15, 0.2) is 84.0 Å². The van der Waals surface area contributed by atoms with Gasteiger partial charge < -0.3 is 20.5 Å². The normalized spacial score (nSPS) is 13.9. The average Bonchev–Trinajstić information content (AvgIpc) is 3.08. The van der Waals surface area contributed by atoms with Crippen LogP contribution in [0.3, 0.4) is 0 Å². The third-order valence-electron chi connectivity index (χ3n) is 7.96. The molecule has 2 aromatic heterocycles. The van der Waals surface area contributed by atoms with Gasteiger partial charge in [-0.3, -0.25) is 19.6 Å². The number of nitrogens with two attached hydrogens (primary N) is 1. The van der Waals surface area contributed by atoms with Crippen molar-refractivity contribution >= 4 is 33.3 Å². The largest absolute Gasteiger partial charge is 0.439 e. The molecule has 13 nitrogen and oxygen atoms in total. The zero-order chi connectivity index (χ0) is 35.0. The fourth-order valence-corrected chi connectivity index (χ4v) is 6.41. The van der Waals surface area contributed by atoms with Crippen LogP contribution in [0.2, 0.25) is 0 Å². The minimum atomic E-state index is -3.65. The molecule has 0 radical (unpaired) electrons. The lowest BCUT2D eigenvalue weighted by molar-refractivity contribution is 0.0996. The first-order chi connectivity index (χ1) is 23.5. The molecule has 0 bridgehead atoms. The maximum absolute atomic E-state index is 14.0. The molecule has 258 valence electrons. The number of urea groups is 1. The van der Waals surface area contributed by atoms with E-state index in [-0.39, 0.29) is 35.3 Å². The van der Waals surface area contributed by atoms with E-state index in [2.05, 4.69) is 24.9 Å². The van der Waals surface area contributed by atoms with Crippen LogP contribution in [-0.4, -0.2) is 74.6 Å². The number of hydrogen-bond acceptors (Lipinski definition) is 9. The number of amides is 3. The molecule has 4 N–H and O–H groups in total. The van der Waals surface area contributed by atoms with Crippen molar-refractivity contribution in [3.05, 3.63) is 102 Å². The number of ether oxygens (including phenoxy) is 2. The molecule has 1 aliphatic heterocycles. The molecule has 1 saturated heterocycles. The van der Waals surface area contributed by atoms with Gasteiger partial charge in [-0.05, 0) is 79.9 Å². The van der Waals surface area contributed by atoms with E-state index >= 15 is 0 Å². The van der Waals surface area contributed by atoms with E-state index in [1.165, 1.54) is 31.4 Å². The number of benzene rings is 2. The Morgan fingerprint density at radius 2 is 1.78 bits per heavy atom. The Hall–Kier alpha value is -4.96. The Morgan fingerprint density at radius 3 is 2.41 bits per heavy atom. The summed E-state index contributed by atoms with van der Waals surface area (Å²) in [5.41, 5.74) is 7.64. The third-order valence-corrected chi connectivity index (χ3v) is 9.43. The summed E-state index contributed by atoms with van der Waals surface area (Å²) in [4.78, 5) is 38.1. The molecule has 0 atom stereocenters. The lowest BCUT2D eigenvalue weighted by Gasteiger charge is -2.38. The van der Waals surface area contributed by atoms with E-state index in [1.54, 1.807) is 35.5 Å². The van der Waals surface area contributed by atoms with Crippen molar-refractivity contribution in [3.8, 4) is 11.6 Å². The predicted octanol–water partition coefficient (Wildman–Crippen LogP) is 4.44. The zero-order valence-corrected chi connectivity index (χ0v) is 28.0. The van der Waals surface area contributed by atoms with Gasteiger partial charge in [0.1, 0.15) is 11.6 Å². The van der Waals surface area contributed by atoms with Gasteiger partial charge in [0.2, 0.25) is 15.9 Å². The van der Waals surface area contributed by atoms with E-state index in [9.17, 15) is 22.4 Å². The second-order valence-corrected chi connectivity index (χ2v) is 13.3. The van der Waals surface area contributed by atoms with Gasteiger partial charge in [0.15, 0.2) is 0 Å². The highest BCUT2D eigenvalue weighted by Crippen LogP contribution is 2.27. The summed E-state index contributed by atoms with van der Waals surface area (Å²) in [6.07, 6.45) is 4.74. The summed E-state index contributed by atoms with van der Waals surface area (Å²) in [6.45, 7) is 4.37. The maximum atomic E-state index is 14.0. The first-order valence-electron chi connectivity index (χ1n) is 15.6. The summed E-state index contributed by atoms with van der Waals surface area (Å²) >= 11 is 0. The number of hydrogen-bond donors (Lipinski definition) is 3. The molecule has 1 fully saturated rings. The number of aryl methyl sites for hydroxylation is 1. The van der Waals surface area contributed by atoms with E-state index in [0.717, 1.165) is 17.3 Å². The number of halogens is 1. The molecule has 49 heavy (non-hydrogen) atoms. The number of nitrogens with zero attached hydrogens (tertiary/aromatic N) is 4. The third kappa shape index (κ3) is 9.35. The number of anilines is 2. The van der Waals surface area contributed by atoms with Gasteiger partial charge in [-0.1, -0.05) is 6.07 Å². The zero-order valence-electron chi connectivity index (χ0n) is 27.1. The van der Waals surface area contributed by atoms with Crippen LogP contribution < -0.4 is 25.4 Å². The highest BCUT2D eigenvalue weighted by atomic mass is 32.2. The maximum Gasteiger partial charge on any atom is 0.326 e. The highest BCUT2D eigenvalue weighted by molar-refractivity contribution is 7.89. The number of primary amides is 1. The van der Waals surface area contributed by atoms with Crippen LogP contribution in [0.5, 0.6) is 11.6 Å². The van der Waals surface area contributed by atoms with E-state index in [1.807, 2.05) is 25.1 Å². The molecular formula is C34H38FN7O6S. The molecule has 5 rings (SSSR count). The second kappa shape index (κ2) is 16.0. The summed E-state index contributed by atoms with van der Waals surface area (Å²) in [5, 5.41) is 2.78. The molecule has 4 aromatic rings. The van der Waals surface area contributed by atoms with Crippen molar-refractivity contribution in [2.75, 3.05) is 43.6 Å². The number of aromatic nitrogens is 2. The fraction of sp³-hybridized carbons (Fsp3) is 0.294. The molecule has 1 aliphatic rings. The Labute approximate surface area is 284 Å². The van der Waals surface area contributed by atoms with Crippen molar-refractivity contribution in [1.82, 2.24) is 19.6 Å². The van der Waals surface area contributed by atoms with Gasteiger partial charge in [-0.15, -0.1) is 0 Å². The topological polar surface area (TPSA) is 169 Å². The van der Waals surface area contributed by atoms with Crippen LogP contribution >= 0.6 is 0 Å². The fourth-order valence-electron chi connectivity index (χ4n) is 5.40. The van der Waals surface area contributed by atoms with Crippen molar-refractivity contribution in [3.63, 3.8) is 0 Å². The molecule has 3 amide bonds. The number of carbonyl (C=O) groups is 2. The lowest BCUT2D eigenvalue weighted by atomic mass is 10.0. The number of carbonyl (C=O) groups excluding carboxylic acids is 2. The Bertz CT molecular complexity index is 1850. The van der Waals surface area contributed by atoms with Gasteiger partial charge in [-0.2, -0.15) is 0 Å². The Morgan fingerprint density at radius 1 is 1.02 bits per heavy atom. The van der Waals surface area contributed by atoms with E-state index < -0.39 is 27.8 Å². The average molecular weight is 692 g/mol. The van der Waals surface area contributed by atoms with Gasteiger partial charge in [0.25, 0.3) is 5.91 Å². The summed E-state index contributed by atoms with van der Waals surface area (Å²) in [6, 6.07) is 16.5. The van der Waals surface area contributed by atoms with E-state index in [0.29, 0.717) is 49.8 Å². The van der Waals surface area contributed by atoms with Gasteiger partial charge in [0, 0.05) is 63.0 Å². The van der Waals surface area contributed by atoms with Crippen LogP contribution in [0, 0.1) is 12.7 Å². The van der Waals surface area contributed by atoms with Crippen LogP contribution in [0.25, 0.3) is 0 Å². The quantitative estimate of drug-likeness (QED) is 0.172. The minimum absolute atomic E-state index is 0.119. The van der Waals surface area contributed by atoms with Gasteiger partial charge >= 0.3 is 6.03 Å². The monoisotopic (exact) mass is 691 g/mol. The van der Waals surface area contributed by atoms with E-state index in [4.69, 9.17) is 15.2 Å². The number of likely N-dealkylation sites (tertiary alicyclic amines) is 1. The number of sulfonamides is 1. The highest BCUT2D eigenvalue weighted by Gasteiger charge is 2.30. The molecule has 3 heterocycles. The SMILES string of the molecule is COCCNS(=O)(=O)c1ccc(Oc2ccc(CN3CCC(N(C(=O)Nc4ccc(F)c(C(N)=O)c4)c4ccc(C)nc4)CC3)cn2)cc1. The second-order valence-electron chi connectivity index (χ2n) is 11.5. The minimum Gasteiger partial charge on any atom is -0.439 e. The van der Waals surface area contributed by atoms with Gasteiger partial charge in [-0.25, -0.2) is 27.3 Å².